The topological polar surface area (TPSA) is 97.3 Å². The molecule has 2 atom stereocenters. The summed E-state index contributed by atoms with van der Waals surface area (Å²) in [5.74, 6) is 0. The van der Waals surface area contributed by atoms with E-state index in [0.29, 0.717) is 6.67 Å². The molecule has 0 bridgehead atoms. The summed E-state index contributed by atoms with van der Waals surface area (Å²) < 4.78 is 4.87. The minimum Gasteiger partial charge on any atom is -0.446 e. The van der Waals surface area contributed by atoms with Crippen LogP contribution in [0, 0.1) is 0 Å². The van der Waals surface area contributed by atoms with E-state index in [2.05, 4.69) is 10.9 Å². The number of carbonyl (C=O) groups is 1. The van der Waals surface area contributed by atoms with E-state index >= 15 is 0 Å². The van der Waals surface area contributed by atoms with Crippen molar-refractivity contribution in [3.8, 4) is 0 Å². The Morgan fingerprint density at radius 3 is 3.24 bits per heavy atom. The largest absolute Gasteiger partial charge is 0.446 e. The Kier molecular flexibility index (Phi) is 3.92. The maximum Gasteiger partial charge on any atom is 0.416 e. The molecule has 1 amide bonds. The second-order valence-electron chi connectivity index (χ2n) is 3.83. The Balaban J connectivity index is 1.89. The lowest BCUT2D eigenvalue weighted by Gasteiger charge is -2.33. The Labute approximate surface area is 98.4 Å². The SMILES string of the molecule is O=C(OCC(O)CO)N1C=CCN2CNNC21. The van der Waals surface area contributed by atoms with Crippen LogP contribution in [-0.4, -0.2) is 64.9 Å². The molecule has 0 aromatic heterocycles. The zero-order valence-electron chi connectivity index (χ0n) is 9.24. The summed E-state index contributed by atoms with van der Waals surface area (Å²) in [5, 5.41) is 17.7. The summed E-state index contributed by atoms with van der Waals surface area (Å²) in [6.07, 6.45) is 1.58. The number of nitrogens with one attached hydrogen (secondary N) is 2. The maximum absolute atomic E-state index is 11.7. The van der Waals surface area contributed by atoms with Crippen molar-refractivity contribution in [1.82, 2.24) is 20.7 Å². The Hall–Kier alpha value is -1.19. The van der Waals surface area contributed by atoms with Gasteiger partial charge in [-0.2, -0.15) is 0 Å². The number of aliphatic hydroxyl groups excluding tert-OH is 2. The summed E-state index contributed by atoms with van der Waals surface area (Å²) in [6.45, 7) is 0.726. The van der Waals surface area contributed by atoms with Crippen LogP contribution in [0.5, 0.6) is 0 Å². The zero-order chi connectivity index (χ0) is 12.3. The van der Waals surface area contributed by atoms with Gasteiger partial charge in [0.05, 0.1) is 13.3 Å². The molecule has 2 rings (SSSR count). The number of rotatable bonds is 3. The first kappa shape index (κ1) is 12.3. The van der Waals surface area contributed by atoms with Gasteiger partial charge in [-0.25, -0.2) is 15.6 Å². The van der Waals surface area contributed by atoms with Crippen molar-refractivity contribution >= 4 is 6.09 Å². The summed E-state index contributed by atoms with van der Waals surface area (Å²) in [5.41, 5.74) is 5.85. The predicted molar refractivity (Wildman–Crippen MR) is 57.1 cm³/mol. The number of carbonyl (C=O) groups excluding carboxylic acids is 1. The molecular formula is C9H16N4O4. The first-order valence-corrected chi connectivity index (χ1v) is 5.35. The molecule has 1 saturated heterocycles. The van der Waals surface area contributed by atoms with Crippen LogP contribution in [0.3, 0.4) is 0 Å². The van der Waals surface area contributed by atoms with Gasteiger partial charge in [0.25, 0.3) is 0 Å². The van der Waals surface area contributed by atoms with Crippen LogP contribution in [0.1, 0.15) is 0 Å². The van der Waals surface area contributed by atoms with Crippen LogP contribution in [0.25, 0.3) is 0 Å². The van der Waals surface area contributed by atoms with Crippen LogP contribution in [0.15, 0.2) is 12.3 Å². The highest BCUT2D eigenvalue weighted by molar-refractivity contribution is 5.69. The van der Waals surface area contributed by atoms with Gasteiger partial charge in [0.2, 0.25) is 0 Å². The van der Waals surface area contributed by atoms with Crippen molar-refractivity contribution in [2.45, 2.75) is 12.4 Å². The second kappa shape index (κ2) is 5.43. The van der Waals surface area contributed by atoms with E-state index in [0.717, 1.165) is 6.54 Å². The molecule has 0 aromatic carbocycles. The number of hydrogen-bond donors (Lipinski definition) is 4. The van der Waals surface area contributed by atoms with Gasteiger partial charge < -0.3 is 14.9 Å². The Bertz CT molecular complexity index is 311. The van der Waals surface area contributed by atoms with Crippen molar-refractivity contribution in [2.75, 3.05) is 26.4 Å². The molecule has 8 heteroatoms. The summed E-state index contributed by atoms with van der Waals surface area (Å²) in [6, 6.07) is 0. The van der Waals surface area contributed by atoms with E-state index in [1.807, 2.05) is 11.0 Å². The van der Waals surface area contributed by atoms with Crippen LogP contribution < -0.4 is 10.9 Å². The highest BCUT2D eigenvalue weighted by atomic mass is 16.6. The highest BCUT2D eigenvalue weighted by Crippen LogP contribution is 2.13. The average molecular weight is 244 g/mol. The first-order valence-electron chi connectivity index (χ1n) is 5.35. The normalized spacial score (nSPS) is 25.8. The number of nitrogens with zero attached hydrogens (tertiary/aromatic N) is 2. The van der Waals surface area contributed by atoms with Crippen molar-refractivity contribution in [3.05, 3.63) is 12.3 Å². The van der Waals surface area contributed by atoms with Gasteiger partial charge in [-0.15, -0.1) is 0 Å². The van der Waals surface area contributed by atoms with E-state index in [-0.39, 0.29) is 12.9 Å². The van der Waals surface area contributed by atoms with E-state index in [1.165, 1.54) is 4.90 Å². The predicted octanol–water partition coefficient (Wildman–Crippen LogP) is -2.04. The monoisotopic (exact) mass is 244 g/mol. The molecule has 2 aliphatic heterocycles. The number of fused-ring (bicyclic) bond motifs is 1. The van der Waals surface area contributed by atoms with Gasteiger partial charge in [-0.3, -0.25) is 9.80 Å². The molecular weight excluding hydrogens is 228 g/mol. The third kappa shape index (κ3) is 2.73. The molecule has 0 aromatic rings. The standard InChI is InChI=1S/C9H16N4O4/c14-4-7(15)5-17-9(16)13-3-1-2-12-6-10-11-8(12)13/h1,3,7-8,10-11,14-15H,2,4-6H2. The fraction of sp³-hybridized carbons (Fsp3) is 0.667. The molecule has 17 heavy (non-hydrogen) atoms. The molecule has 0 aliphatic carbocycles. The second-order valence-corrected chi connectivity index (χ2v) is 3.83. The molecule has 1 fully saturated rings. The quantitative estimate of drug-likeness (QED) is 0.454. The van der Waals surface area contributed by atoms with Crippen molar-refractivity contribution in [2.24, 2.45) is 0 Å². The van der Waals surface area contributed by atoms with Crippen LogP contribution in [0.2, 0.25) is 0 Å². The average Bonchev–Trinajstić information content (AvgIpc) is 2.83. The lowest BCUT2D eigenvalue weighted by molar-refractivity contribution is 0.00919. The van der Waals surface area contributed by atoms with E-state index in [9.17, 15) is 4.79 Å². The summed E-state index contributed by atoms with van der Waals surface area (Å²) in [4.78, 5) is 15.1. The van der Waals surface area contributed by atoms with Crippen LogP contribution >= 0.6 is 0 Å². The van der Waals surface area contributed by atoms with E-state index in [1.54, 1.807) is 6.20 Å². The Morgan fingerprint density at radius 2 is 2.47 bits per heavy atom. The number of amides is 1. The first-order chi connectivity index (χ1) is 8.22. The lowest BCUT2D eigenvalue weighted by atomic mass is 10.4. The van der Waals surface area contributed by atoms with Gasteiger partial charge in [-0.1, -0.05) is 6.08 Å². The van der Waals surface area contributed by atoms with Gasteiger partial charge in [0, 0.05) is 12.7 Å². The molecule has 8 nitrogen and oxygen atoms in total. The minimum absolute atomic E-state index is 0.222. The van der Waals surface area contributed by atoms with E-state index < -0.39 is 18.8 Å². The van der Waals surface area contributed by atoms with Gasteiger partial charge in [0.15, 0.2) is 6.29 Å². The number of aliphatic hydroxyl groups is 2. The fourth-order valence-corrected chi connectivity index (χ4v) is 1.66. The third-order valence-electron chi connectivity index (χ3n) is 2.55. The molecule has 2 heterocycles. The molecule has 0 spiro atoms. The third-order valence-corrected chi connectivity index (χ3v) is 2.55. The molecule has 96 valence electrons. The maximum atomic E-state index is 11.7. The van der Waals surface area contributed by atoms with Crippen molar-refractivity contribution < 1.29 is 19.7 Å². The van der Waals surface area contributed by atoms with E-state index in [4.69, 9.17) is 14.9 Å². The zero-order valence-corrected chi connectivity index (χ0v) is 9.24. The molecule has 0 saturated carbocycles. The van der Waals surface area contributed by atoms with Gasteiger partial charge >= 0.3 is 6.09 Å². The molecule has 0 radical (unpaired) electrons. The Morgan fingerprint density at radius 1 is 1.65 bits per heavy atom. The lowest BCUT2D eigenvalue weighted by Crippen LogP contribution is -2.53. The van der Waals surface area contributed by atoms with Gasteiger partial charge in [0.1, 0.15) is 12.7 Å². The van der Waals surface area contributed by atoms with Gasteiger partial charge in [-0.05, 0) is 0 Å². The fourth-order valence-electron chi connectivity index (χ4n) is 1.66. The van der Waals surface area contributed by atoms with Crippen LogP contribution in [-0.2, 0) is 4.74 Å². The summed E-state index contributed by atoms with van der Waals surface area (Å²) in [7, 11) is 0. The highest BCUT2D eigenvalue weighted by Gasteiger charge is 2.34. The smallest absolute Gasteiger partial charge is 0.416 e. The number of hydrazine groups is 1. The number of hydrogen-bond acceptors (Lipinski definition) is 7. The molecule has 4 N–H and O–H groups in total. The van der Waals surface area contributed by atoms with Crippen molar-refractivity contribution in [1.29, 1.82) is 0 Å². The number of ether oxygens (including phenoxy) is 1. The molecule has 2 aliphatic rings. The summed E-state index contributed by atoms with van der Waals surface area (Å²) >= 11 is 0. The van der Waals surface area contributed by atoms with Crippen LogP contribution in [0.4, 0.5) is 4.79 Å². The molecule has 2 unspecified atom stereocenters. The van der Waals surface area contributed by atoms with Crippen molar-refractivity contribution in [3.63, 3.8) is 0 Å². The minimum atomic E-state index is -1.04.